The van der Waals surface area contributed by atoms with E-state index in [1.807, 2.05) is 0 Å². The van der Waals surface area contributed by atoms with Crippen LogP contribution >= 0.6 is 0 Å². The molecule has 92 valence electrons. The molecule has 1 saturated heterocycles. The van der Waals surface area contributed by atoms with E-state index < -0.39 is 0 Å². The summed E-state index contributed by atoms with van der Waals surface area (Å²) in [7, 11) is 0. The Bertz CT molecular complexity index is 236. The largest absolute Gasteiger partial charge is 0.368 e. The number of carbonyl (C=O) groups excluding carboxylic acids is 1. The smallest absolute Gasteiger partial charge is 0.234 e. The van der Waals surface area contributed by atoms with Gasteiger partial charge in [-0.1, -0.05) is 25.7 Å². The van der Waals surface area contributed by atoms with Gasteiger partial charge in [-0.2, -0.15) is 0 Å². The number of likely N-dealkylation sites (tertiary alicyclic amines) is 1. The molecule has 2 rings (SSSR count). The van der Waals surface area contributed by atoms with Gasteiger partial charge in [0.1, 0.15) is 0 Å². The zero-order valence-electron chi connectivity index (χ0n) is 10.2. The van der Waals surface area contributed by atoms with Crippen LogP contribution in [0.3, 0.4) is 0 Å². The maximum absolute atomic E-state index is 11.4. The van der Waals surface area contributed by atoms with Crippen molar-refractivity contribution in [1.82, 2.24) is 4.90 Å². The number of hydrogen-bond acceptors (Lipinski definition) is 2. The Balaban J connectivity index is 1.87. The number of primary amides is 1. The highest BCUT2D eigenvalue weighted by molar-refractivity contribution is 5.79. The number of piperidine rings is 1. The van der Waals surface area contributed by atoms with Crippen LogP contribution < -0.4 is 5.73 Å². The van der Waals surface area contributed by atoms with Crippen molar-refractivity contribution in [3.63, 3.8) is 0 Å². The van der Waals surface area contributed by atoms with Crippen LogP contribution in [0.4, 0.5) is 0 Å². The van der Waals surface area contributed by atoms with Gasteiger partial charge in [0.2, 0.25) is 5.91 Å². The Kier molecular flexibility index (Phi) is 4.22. The van der Waals surface area contributed by atoms with Crippen molar-refractivity contribution in [2.45, 2.75) is 57.4 Å². The highest BCUT2D eigenvalue weighted by Gasteiger charge is 2.28. The molecule has 2 fully saturated rings. The molecule has 16 heavy (non-hydrogen) atoms. The van der Waals surface area contributed by atoms with Gasteiger partial charge in [0.15, 0.2) is 0 Å². The molecule has 0 spiro atoms. The number of nitrogens with two attached hydrogens (primary N) is 1. The molecule has 1 atom stereocenters. The monoisotopic (exact) mass is 224 g/mol. The third kappa shape index (κ3) is 2.97. The lowest BCUT2D eigenvalue weighted by Crippen LogP contribution is -2.49. The van der Waals surface area contributed by atoms with Crippen LogP contribution in [0.5, 0.6) is 0 Å². The van der Waals surface area contributed by atoms with Crippen molar-refractivity contribution >= 4 is 5.91 Å². The molecule has 0 unspecified atom stereocenters. The molecule has 3 nitrogen and oxygen atoms in total. The van der Waals surface area contributed by atoms with Crippen molar-refractivity contribution in [3.8, 4) is 0 Å². The molecule has 0 aromatic carbocycles. The summed E-state index contributed by atoms with van der Waals surface area (Å²) < 4.78 is 0. The Morgan fingerprint density at radius 1 is 1.06 bits per heavy atom. The molecule has 2 aliphatic rings. The Labute approximate surface area is 98.4 Å². The standard InChI is InChI=1S/C13H24N2O/c14-13(16)12-8-4-5-9-15(12)10-11-6-2-1-3-7-11/h11-12H,1-10H2,(H2,14,16)/t12-/m1/s1. The second-order valence-electron chi connectivity index (χ2n) is 5.41. The van der Waals surface area contributed by atoms with Gasteiger partial charge in [-0.25, -0.2) is 0 Å². The molecule has 3 heteroatoms. The predicted octanol–water partition coefficient (Wildman–Crippen LogP) is 1.91. The molecule has 0 aromatic rings. The van der Waals surface area contributed by atoms with Gasteiger partial charge in [0.25, 0.3) is 0 Å². The second-order valence-corrected chi connectivity index (χ2v) is 5.41. The molecule has 0 bridgehead atoms. The Hall–Kier alpha value is -0.570. The molecule has 0 aromatic heterocycles. The van der Waals surface area contributed by atoms with Gasteiger partial charge in [-0.05, 0) is 38.1 Å². The van der Waals surface area contributed by atoms with Gasteiger partial charge in [0.05, 0.1) is 6.04 Å². The fraction of sp³-hybridized carbons (Fsp3) is 0.923. The fourth-order valence-electron chi connectivity index (χ4n) is 3.23. The van der Waals surface area contributed by atoms with E-state index in [-0.39, 0.29) is 11.9 Å². The molecular weight excluding hydrogens is 200 g/mol. The molecule has 2 N–H and O–H groups in total. The Morgan fingerprint density at radius 2 is 1.75 bits per heavy atom. The minimum absolute atomic E-state index is 0.0238. The summed E-state index contributed by atoms with van der Waals surface area (Å²) in [5, 5.41) is 0. The number of rotatable bonds is 3. The molecule has 1 aliphatic heterocycles. The number of carbonyl (C=O) groups is 1. The summed E-state index contributed by atoms with van der Waals surface area (Å²) in [6, 6.07) is 0.0238. The first-order valence-corrected chi connectivity index (χ1v) is 6.81. The predicted molar refractivity (Wildman–Crippen MR) is 65.0 cm³/mol. The van der Waals surface area contributed by atoms with E-state index in [2.05, 4.69) is 4.90 Å². The van der Waals surface area contributed by atoms with Gasteiger partial charge in [0, 0.05) is 6.54 Å². The van der Waals surface area contributed by atoms with E-state index in [4.69, 9.17) is 5.73 Å². The van der Waals surface area contributed by atoms with Crippen molar-refractivity contribution in [2.75, 3.05) is 13.1 Å². The van der Waals surface area contributed by atoms with Crippen LogP contribution in [-0.2, 0) is 4.79 Å². The van der Waals surface area contributed by atoms with E-state index in [0.717, 1.165) is 31.8 Å². The van der Waals surface area contributed by atoms with Gasteiger partial charge < -0.3 is 5.73 Å². The minimum atomic E-state index is -0.115. The quantitative estimate of drug-likeness (QED) is 0.796. The molecular formula is C13H24N2O. The van der Waals surface area contributed by atoms with Gasteiger partial charge in [-0.3, -0.25) is 9.69 Å². The first kappa shape index (κ1) is 11.9. The number of amides is 1. The summed E-state index contributed by atoms with van der Waals surface area (Å²) in [5.41, 5.74) is 5.48. The van der Waals surface area contributed by atoms with E-state index in [9.17, 15) is 4.79 Å². The first-order valence-electron chi connectivity index (χ1n) is 6.81. The van der Waals surface area contributed by atoms with E-state index in [1.54, 1.807) is 0 Å². The van der Waals surface area contributed by atoms with Crippen LogP contribution in [0.25, 0.3) is 0 Å². The molecule has 1 heterocycles. The van der Waals surface area contributed by atoms with Crippen molar-refractivity contribution < 1.29 is 4.79 Å². The molecule has 1 saturated carbocycles. The minimum Gasteiger partial charge on any atom is -0.368 e. The lowest BCUT2D eigenvalue weighted by molar-refractivity contribution is -0.124. The summed E-state index contributed by atoms with van der Waals surface area (Å²) in [6.07, 6.45) is 10.2. The van der Waals surface area contributed by atoms with Crippen LogP contribution in [0.1, 0.15) is 51.4 Å². The summed E-state index contributed by atoms with van der Waals surface area (Å²) in [4.78, 5) is 13.7. The van der Waals surface area contributed by atoms with Crippen LogP contribution in [0, 0.1) is 5.92 Å². The van der Waals surface area contributed by atoms with E-state index in [1.165, 1.54) is 38.5 Å². The molecule has 0 radical (unpaired) electrons. The summed E-state index contributed by atoms with van der Waals surface area (Å²) in [6.45, 7) is 2.18. The average Bonchev–Trinajstić information content (AvgIpc) is 2.31. The highest BCUT2D eigenvalue weighted by Crippen LogP contribution is 2.27. The number of hydrogen-bond donors (Lipinski definition) is 1. The maximum Gasteiger partial charge on any atom is 0.234 e. The third-order valence-corrected chi connectivity index (χ3v) is 4.16. The zero-order chi connectivity index (χ0) is 11.4. The van der Waals surface area contributed by atoms with E-state index in [0.29, 0.717) is 0 Å². The lowest BCUT2D eigenvalue weighted by Gasteiger charge is -2.37. The third-order valence-electron chi connectivity index (χ3n) is 4.16. The zero-order valence-corrected chi connectivity index (χ0v) is 10.2. The SMILES string of the molecule is NC(=O)[C@H]1CCCCN1CC1CCCCC1. The van der Waals surface area contributed by atoms with Crippen LogP contribution in [-0.4, -0.2) is 29.9 Å². The number of nitrogens with zero attached hydrogens (tertiary/aromatic N) is 1. The fourth-order valence-corrected chi connectivity index (χ4v) is 3.23. The molecule has 1 amide bonds. The molecule has 1 aliphatic carbocycles. The average molecular weight is 224 g/mol. The lowest BCUT2D eigenvalue weighted by atomic mass is 9.88. The topological polar surface area (TPSA) is 46.3 Å². The van der Waals surface area contributed by atoms with Crippen molar-refractivity contribution in [1.29, 1.82) is 0 Å². The highest BCUT2D eigenvalue weighted by atomic mass is 16.1. The van der Waals surface area contributed by atoms with E-state index >= 15 is 0 Å². The normalized spacial score (nSPS) is 29.1. The van der Waals surface area contributed by atoms with Gasteiger partial charge >= 0.3 is 0 Å². The van der Waals surface area contributed by atoms with Crippen molar-refractivity contribution in [3.05, 3.63) is 0 Å². The Morgan fingerprint density at radius 3 is 2.44 bits per heavy atom. The first-order chi connectivity index (χ1) is 7.77. The second kappa shape index (κ2) is 5.67. The maximum atomic E-state index is 11.4. The van der Waals surface area contributed by atoms with Crippen molar-refractivity contribution in [2.24, 2.45) is 11.7 Å². The van der Waals surface area contributed by atoms with Gasteiger partial charge in [-0.15, -0.1) is 0 Å². The summed E-state index contributed by atoms with van der Waals surface area (Å²) >= 11 is 0. The van der Waals surface area contributed by atoms with Crippen LogP contribution in [0.2, 0.25) is 0 Å². The summed E-state index contributed by atoms with van der Waals surface area (Å²) in [5.74, 6) is 0.698. The van der Waals surface area contributed by atoms with Crippen LogP contribution in [0.15, 0.2) is 0 Å².